The molecule has 188 valence electrons. The van der Waals surface area contributed by atoms with Gasteiger partial charge in [0.25, 0.3) is 0 Å². The zero-order valence-electron chi connectivity index (χ0n) is 21.1. The Morgan fingerprint density at radius 3 is 2.74 bits per heavy atom. The van der Waals surface area contributed by atoms with Crippen molar-refractivity contribution in [2.75, 3.05) is 37.4 Å². The summed E-state index contributed by atoms with van der Waals surface area (Å²) in [6.07, 6.45) is 4.54. The third kappa shape index (κ3) is 5.83. The van der Waals surface area contributed by atoms with E-state index in [0.717, 1.165) is 29.7 Å². The highest BCUT2D eigenvalue weighted by molar-refractivity contribution is 5.78. The first kappa shape index (κ1) is 24.8. The van der Waals surface area contributed by atoms with Crippen molar-refractivity contribution in [2.24, 2.45) is 0 Å². The van der Waals surface area contributed by atoms with Gasteiger partial charge in [0.1, 0.15) is 17.2 Å². The van der Waals surface area contributed by atoms with E-state index >= 15 is 4.39 Å². The number of hydrogen-bond acceptors (Lipinski definition) is 7. The molecule has 2 N–H and O–H groups in total. The monoisotopic (exact) mass is 483 g/mol. The van der Waals surface area contributed by atoms with E-state index in [1.165, 1.54) is 0 Å². The summed E-state index contributed by atoms with van der Waals surface area (Å²) in [5.41, 5.74) is 2.74. The highest BCUT2D eigenvalue weighted by Crippen LogP contribution is 2.41. The quantitative estimate of drug-likeness (QED) is 0.598. The minimum absolute atomic E-state index is 0.311. The van der Waals surface area contributed by atoms with Gasteiger partial charge in [-0.15, -0.1) is 0 Å². The maximum Gasteiger partial charge on any atom is 0.410 e. The Hall–Kier alpha value is -3.36. The Morgan fingerprint density at radius 2 is 2.00 bits per heavy atom. The number of carbonyl (C=O) groups is 1. The number of anilines is 3. The average Bonchev–Trinajstić information content (AvgIpc) is 3.04. The van der Waals surface area contributed by atoms with Gasteiger partial charge in [-0.2, -0.15) is 4.98 Å². The number of amides is 1. The van der Waals surface area contributed by atoms with Gasteiger partial charge in [0, 0.05) is 31.9 Å². The SMILES string of the molecule is CNc1cc(C)nc(Nc2cc3c(c(C4=CCN(C(=O)OC(C)(C)C)CCC4)c2F)OCCC3)n1. The van der Waals surface area contributed by atoms with Crippen LogP contribution in [0.5, 0.6) is 5.75 Å². The van der Waals surface area contributed by atoms with Gasteiger partial charge in [0.2, 0.25) is 5.95 Å². The fourth-order valence-corrected chi connectivity index (χ4v) is 4.33. The summed E-state index contributed by atoms with van der Waals surface area (Å²) in [7, 11) is 1.78. The van der Waals surface area contributed by atoms with Gasteiger partial charge in [-0.05, 0) is 70.6 Å². The molecule has 2 aromatic rings. The lowest BCUT2D eigenvalue weighted by atomic mass is 9.93. The van der Waals surface area contributed by atoms with E-state index in [1.807, 2.05) is 39.8 Å². The number of rotatable bonds is 4. The van der Waals surface area contributed by atoms with Crippen LogP contribution in [0.4, 0.5) is 26.6 Å². The molecular weight excluding hydrogens is 449 g/mol. The van der Waals surface area contributed by atoms with Crippen LogP contribution in [-0.2, 0) is 11.2 Å². The van der Waals surface area contributed by atoms with E-state index in [2.05, 4.69) is 20.6 Å². The van der Waals surface area contributed by atoms with Crippen LogP contribution in [-0.4, -0.2) is 53.3 Å². The molecule has 3 heterocycles. The minimum atomic E-state index is -0.569. The second-order valence-electron chi connectivity index (χ2n) is 9.91. The lowest BCUT2D eigenvalue weighted by Gasteiger charge is -2.25. The molecule has 0 aliphatic carbocycles. The van der Waals surface area contributed by atoms with Crippen LogP contribution in [0.15, 0.2) is 18.2 Å². The summed E-state index contributed by atoms with van der Waals surface area (Å²) in [4.78, 5) is 23.1. The lowest BCUT2D eigenvalue weighted by molar-refractivity contribution is 0.0273. The second kappa shape index (κ2) is 10.1. The number of benzene rings is 1. The maximum atomic E-state index is 16.1. The molecule has 9 heteroatoms. The molecule has 0 spiro atoms. The first-order valence-electron chi connectivity index (χ1n) is 12.1. The number of ether oxygens (including phenoxy) is 2. The van der Waals surface area contributed by atoms with Gasteiger partial charge in [-0.25, -0.2) is 14.2 Å². The standard InChI is InChI=1S/C26H34FN5O3/c1-16-14-20(28-5)31-24(29-16)30-19-15-18-9-7-13-34-23(18)21(22(19)27)17-8-6-11-32(12-10-17)25(33)35-26(2,3)4/h10,14-15H,6-9,11-13H2,1-5H3,(H2,28,29,30,31). The highest BCUT2D eigenvalue weighted by atomic mass is 19.1. The minimum Gasteiger partial charge on any atom is -0.493 e. The predicted molar refractivity (Wildman–Crippen MR) is 135 cm³/mol. The number of halogens is 1. The van der Waals surface area contributed by atoms with Crippen LogP contribution in [0.25, 0.3) is 5.57 Å². The number of hydrogen-bond donors (Lipinski definition) is 2. The predicted octanol–water partition coefficient (Wildman–Crippen LogP) is 5.45. The number of aromatic nitrogens is 2. The maximum absolute atomic E-state index is 16.1. The van der Waals surface area contributed by atoms with Crippen molar-refractivity contribution >= 4 is 29.1 Å². The Morgan fingerprint density at radius 1 is 1.20 bits per heavy atom. The molecule has 2 aliphatic heterocycles. The summed E-state index contributed by atoms with van der Waals surface area (Å²) in [6.45, 7) is 8.85. The molecule has 0 bridgehead atoms. The van der Waals surface area contributed by atoms with Crippen molar-refractivity contribution in [1.82, 2.24) is 14.9 Å². The van der Waals surface area contributed by atoms with Gasteiger partial charge in [-0.3, -0.25) is 0 Å². The average molecular weight is 484 g/mol. The summed E-state index contributed by atoms with van der Waals surface area (Å²) in [5, 5.41) is 6.08. The fraction of sp³-hybridized carbons (Fsp3) is 0.500. The van der Waals surface area contributed by atoms with Crippen molar-refractivity contribution in [2.45, 2.75) is 59.0 Å². The molecule has 0 fully saturated rings. The number of nitrogens with one attached hydrogen (secondary N) is 2. The van der Waals surface area contributed by atoms with E-state index in [9.17, 15) is 4.79 Å². The Balaban J connectivity index is 1.69. The van der Waals surface area contributed by atoms with Gasteiger partial charge >= 0.3 is 6.09 Å². The third-order valence-electron chi connectivity index (χ3n) is 5.89. The van der Waals surface area contributed by atoms with E-state index < -0.39 is 11.4 Å². The molecule has 2 aliphatic rings. The number of nitrogens with zero attached hydrogens (tertiary/aromatic N) is 3. The van der Waals surface area contributed by atoms with E-state index in [1.54, 1.807) is 18.0 Å². The summed E-state index contributed by atoms with van der Waals surface area (Å²) in [6, 6.07) is 3.61. The van der Waals surface area contributed by atoms with Gasteiger partial charge in [-0.1, -0.05) is 6.08 Å². The molecule has 1 aromatic carbocycles. The summed E-state index contributed by atoms with van der Waals surface area (Å²) < 4.78 is 27.6. The molecule has 0 saturated carbocycles. The van der Waals surface area contributed by atoms with Crippen LogP contribution in [0.3, 0.4) is 0 Å². The van der Waals surface area contributed by atoms with Crippen LogP contribution in [0, 0.1) is 12.7 Å². The topological polar surface area (TPSA) is 88.6 Å². The first-order valence-corrected chi connectivity index (χ1v) is 12.1. The van der Waals surface area contributed by atoms with E-state index in [0.29, 0.717) is 61.3 Å². The molecular formula is C26H34FN5O3. The Labute approximate surface area is 205 Å². The molecule has 0 unspecified atom stereocenters. The molecule has 0 atom stereocenters. The van der Waals surface area contributed by atoms with Gasteiger partial charge in [0.05, 0.1) is 17.9 Å². The molecule has 8 nitrogen and oxygen atoms in total. The van der Waals surface area contributed by atoms with Crippen LogP contribution in [0.1, 0.15) is 56.9 Å². The largest absolute Gasteiger partial charge is 0.493 e. The van der Waals surface area contributed by atoms with Crippen molar-refractivity contribution in [3.8, 4) is 5.75 Å². The smallest absolute Gasteiger partial charge is 0.410 e. The molecule has 0 saturated heterocycles. The molecule has 35 heavy (non-hydrogen) atoms. The van der Waals surface area contributed by atoms with Crippen molar-refractivity contribution in [3.05, 3.63) is 40.8 Å². The zero-order valence-corrected chi connectivity index (χ0v) is 21.1. The number of aryl methyl sites for hydroxylation is 2. The molecule has 1 aromatic heterocycles. The van der Waals surface area contributed by atoms with E-state index in [-0.39, 0.29) is 6.09 Å². The fourth-order valence-electron chi connectivity index (χ4n) is 4.33. The Kier molecular flexibility index (Phi) is 7.14. The van der Waals surface area contributed by atoms with Crippen LogP contribution >= 0.6 is 0 Å². The summed E-state index contributed by atoms with van der Waals surface area (Å²) >= 11 is 0. The van der Waals surface area contributed by atoms with Crippen molar-refractivity contribution in [3.63, 3.8) is 0 Å². The molecule has 4 rings (SSSR count). The first-order chi connectivity index (χ1) is 16.6. The number of carbonyl (C=O) groups excluding carboxylic acids is 1. The zero-order chi connectivity index (χ0) is 25.2. The summed E-state index contributed by atoms with van der Waals surface area (Å²) in [5.74, 6) is 1.16. The molecule has 1 amide bonds. The van der Waals surface area contributed by atoms with Crippen LogP contribution in [0.2, 0.25) is 0 Å². The highest BCUT2D eigenvalue weighted by Gasteiger charge is 2.28. The van der Waals surface area contributed by atoms with E-state index in [4.69, 9.17) is 9.47 Å². The second-order valence-corrected chi connectivity index (χ2v) is 9.91. The van der Waals surface area contributed by atoms with Crippen molar-refractivity contribution < 1.29 is 18.7 Å². The number of allylic oxidation sites excluding steroid dienone is 1. The molecule has 0 radical (unpaired) electrons. The van der Waals surface area contributed by atoms with Gasteiger partial charge < -0.3 is 25.0 Å². The van der Waals surface area contributed by atoms with Crippen LogP contribution < -0.4 is 15.4 Å². The normalized spacial score (nSPS) is 15.9. The number of fused-ring (bicyclic) bond motifs is 1. The lowest BCUT2D eigenvalue weighted by Crippen LogP contribution is -2.37. The Bertz CT molecular complexity index is 1140. The third-order valence-corrected chi connectivity index (χ3v) is 5.89. The van der Waals surface area contributed by atoms with Gasteiger partial charge in [0.15, 0.2) is 5.82 Å². The van der Waals surface area contributed by atoms with Crippen molar-refractivity contribution in [1.29, 1.82) is 0 Å².